The van der Waals surface area contributed by atoms with Crippen LogP contribution in [0, 0.1) is 12.3 Å². The van der Waals surface area contributed by atoms with Crippen LogP contribution in [0.25, 0.3) is 0 Å². The molecule has 40 valence electrons. The van der Waals surface area contributed by atoms with Crippen LogP contribution in [0.3, 0.4) is 0 Å². The van der Waals surface area contributed by atoms with Crippen molar-refractivity contribution < 1.29 is 8.39 Å². The molecule has 1 unspecified atom stereocenters. The van der Waals surface area contributed by atoms with Gasteiger partial charge in [0.2, 0.25) is 0 Å². The third-order valence-electron chi connectivity index (χ3n) is 0.308. The summed E-state index contributed by atoms with van der Waals surface area (Å²) in [7, 11) is 0. The average molecular weight is 118 g/mol. The van der Waals surface area contributed by atoms with E-state index >= 15 is 0 Å². The van der Waals surface area contributed by atoms with Crippen LogP contribution in [0.15, 0.2) is 0 Å². The van der Waals surface area contributed by atoms with Crippen LogP contribution in [-0.4, -0.2) is 17.1 Å². The minimum absolute atomic E-state index is 0.128. The van der Waals surface area contributed by atoms with Crippen molar-refractivity contribution >= 4 is 11.1 Å². The van der Waals surface area contributed by atoms with E-state index in [1.54, 1.807) is 0 Å². The minimum atomic E-state index is -1.21. The minimum Gasteiger partial charge on any atom is -0.278 e. The Hall–Kier alpha value is -0.330. The molecule has 0 saturated carbocycles. The Bertz CT molecular complexity index is 103. The van der Waals surface area contributed by atoms with Crippen molar-refractivity contribution in [1.29, 1.82) is 0 Å². The quantitative estimate of drug-likeness (QED) is 0.474. The van der Waals surface area contributed by atoms with Gasteiger partial charge in [0.05, 0.1) is 0 Å². The zero-order chi connectivity index (χ0) is 5.70. The molecule has 0 amide bonds. The van der Waals surface area contributed by atoms with Crippen LogP contribution in [0.4, 0.5) is 0 Å². The van der Waals surface area contributed by atoms with Gasteiger partial charge in [0.1, 0.15) is 6.61 Å². The summed E-state index contributed by atoms with van der Waals surface area (Å²) in [6, 6.07) is 0. The molecule has 2 nitrogen and oxygen atoms in total. The van der Waals surface area contributed by atoms with Crippen molar-refractivity contribution in [2.45, 2.75) is 0 Å². The van der Waals surface area contributed by atoms with E-state index in [0.717, 1.165) is 0 Å². The molecular weight excluding hydrogens is 112 g/mol. The lowest BCUT2D eigenvalue weighted by Gasteiger charge is -1.86. The van der Waals surface area contributed by atoms with Gasteiger partial charge in [-0.2, -0.15) is 0 Å². The molecule has 0 aromatic rings. The molecule has 0 aromatic carbocycles. The first kappa shape index (κ1) is 6.67. The van der Waals surface area contributed by atoms with Gasteiger partial charge in [0.25, 0.3) is 0 Å². The monoisotopic (exact) mass is 118 g/mol. The van der Waals surface area contributed by atoms with Crippen LogP contribution < -0.4 is 0 Å². The summed E-state index contributed by atoms with van der Waals surface area (Å²) in [4.78, 5) is 0. The lowest BCUT2D eigenvalue weighted by Crippen LogP contribution is -1.92. The molecule has 0 bridgehead atoms. The third-order valence-corrected chi connectivity index (χ3v) is 0.758. The maximum absolute atomic E-state index is 10.00. The second kappa shape index (κ2) is 3.85. The van der Waals surface area contributed by atoms with Gasteiger partial charge in [-0.3, -0.25) is 4.18 Å². The van der Waals surface area contributed by atoms with Crippen LogP contribution in [0.1, 0.15) is 0 Å². The number of hydrogen-bond donors (Lipinski definition) is 0. The van der Waals surface area contributed by atoms with Crippen molar-refractivity contribution in [3.05, 3.63) is 0 Å². The van der Waals surface area contributed by atoms with E-state index < -0.39 is 11.1 Å². The Balaban J connectivity index is 3.02. The van der Waals surface area contributed by atoms with Crippen molar-refractivity contribution in [3.8, 4) is 12.3 Å². The predicted molar refractivity (Wildman–Crippen MR) is 28.9 cm³/mol. The molecule has 1 atom stereocenters. The molecule has 0 radical (unpaired) electrons. The highest BCUT2D eigenvalue weighted by molar-refractivity contribution is 7.79. The largest absolute Gasteiger partial charge is 0.278 e. The van der Waals surface area contributed by atoms with Gasteiger partial charge in [-0.25, -0.2) is 4.21 Å². The molecule has 0 saturated heterocycles. The summed E-state index contributed by atoms with van der Waals surface area (Å²) in [5.41, 5.74) is 0. The molecule has 0 N–H and O–H groups in total. The van der Waals surface area contributed by atoms with Gasteiger partial charge in [-0.1, -0.05) is 5.92 Å². The maximum Gasteiger partial charge on any atom is 0.153 e. The number of terminal acetylenes is 1. The Labute approximate surface area is 45.5 Å². The lowest BCUT2D eigenvalue weighted by atomic mass is 10.8. The number of hydrogen-bond acceptors (Lipinski definition) is 2. The molecule has 0 aromatic heterocycles. The van der Waals surface area contributed by atoms with Crippen LogP contribution >= 0.6 is 0 Å². The van der Waals surface area contributed by atoms with Gasteiger partial charge in [0.15, 0.2) is 11.1 Å². The van der Waals surface area contributed by atoms with Gasteiger partial charge in [-0.15, -0.1) is 6.42 Å². The van der Waals surface area contributed by atoms with E-state index in [0.29, 0.717) is 0 Å². The van der Waals surface area contributed by atoms with Crippen LogP contribution in [0.5, 0.6) is 0 Å². The van der Waals surface area contributed by atoms with E-state index in [1.807, 2.05) is 0 Å². The van der Waals surface area contributed by atoms with Crippen molar-refractivity contribution in [1.82, 2.24) is 0 Å². The summed E-state index contributed by atoms with van der Waals surface area (Å²) in [6.45, 7) is 0.128. The second-order valence-electron chi connectivity index (χ2n) is 0.868. The van der Waals surface area contributed by atoms with E-state index in [-0.39, 0.29) is 6.61 Å². The first-order valence-corrected chi connectivity index (χ1v) is 3.16. The zero-order valence-corrected chi connectivity index (χ0v) is 4.83. The van der Waals surface area contributed by atoms with Crippen molar-refractivity contribution in [3.63, 3.8) is 0 Å². The van der Waals surface area contributed by atoms with Gasteiger partial charge in [0, 0.05) is 6.26 Å². The summed E-state index contributed by atoms with van der Waals surface area (Å²) in [5.74, 6) is 2.18. The Morgan fingerprint density at radius 3 is 2.71 bits per heavy atom. The highest BCUT2D eigenvalue weighted by Crippen LogP contribution is 1.74. The first-order valence-electron chi connectivity index (χ1n) is 1.67. The summed E-state index contributed by atoms with van der Waals surface area (Å²) < 4.78 is 14.4. The van der Waals surface area contributed by atoms with Crippen LogP contribution in [-0.2, 0) is 15.3 Å². The molecular formula is C4H6O2S. The molecule has 0 heterocycles. The topological polar surface area (TPSA) is 26.3 Å². The number of rotatable bonds is 2. The van der Waals surface area contributed by atoms with E-state index in [4.69, 9.17) is 6.42 Å². The van der Waals surface area contributed by atoms with Crippen LogP contribution in [0.2, 0.25) is 0 Å². The Morgan fingerprint density at radius 2 is 2.57 bits per heavy atom. The smallest absolute Gasteiger partial charge is 0.153 e. The average Bonchev–Trinajstić information content (AvgIpc) is 1.61. The predicted octanol–water partition coefficient (Wildman–Crippen LogP) is -0.0703. The van der Waals surface area contributed by atoms with E-state index in [2.05, 4.69) is 10.1 Å². The SMILES string of the molecule is C#CCOS(C)=O. The van der Waals surface area contributed by atoms with Gasteiger partial charge < -0.3 is 0 Å². The fourth-order valence-electron chi connectivity index (χ4n) is 0.117. The fourth-order valence-corrected chi connectivity index (χ4v) is 0.351. The molecule has 0 spiro atoms. The summed E-state index contributed by atoms with van der Waals surface area (Å²) >= 11 is -1.21. The normalized spacial score (nSPS) is 12.6. The molecule has 0 aliphatic carbocycles. The fraction of sp³-hybridized carbons (Fsp3) is 0.500. The summed E-state index contributed by atoms with van der Waals surface area (Å²) in [5, 5.41) is 0. The third kappa shape index (κ3) is 5.67. The lowest BCUT2D eigenvalue weighted by molar-refractivity contribution is 0.406. The molecule has 0 aliphatic rings. The Kier molecular flexibility index (Phi) is 3.67. The molecule has 0 fully saturated rings. The van der Waals surface area contributed by atoms with Gasteiger partial charge >= 0.3 is 0 Å². The zero-order valence-electron chi connectivity index (χ0n) is 4.01. The molecule has 7 heavy (non-hydrogen) atoms. The van der Waals surface area contributed by atoms with Gasteiger partial charge in [-0.05, 0) is 0 Å². The highest BCUT2D eigenvalue weighted by Gasteiger charge is 1.81. The summed E-state index contributed by atoms with van der Waals surface area (Å²) in [6.07, 6.45) is 6.20. The van der Waals surface area contributed by atoms with E-state index in [9.17, 15) is 4.21 Å². The second-order valence-corrected chi connectivity index (χ2v) is 1.91. The molecule has 0 rings (SSSR count). The maximum atomic E-state index is 10.00. The Morgan fingerprint density at radius 1 is 2.00 bits per heavy atom. The van der Waals surface area contributed by atoms with Crippen molar-refractivity contribution in [2.75, 3.05) is 12.9 Å². The standard InChI is InChI=1S/C4H6O2S/c1-3-4-6-7(2)5/h1H,4H2,2H3. The van der Waals surface area contributed by atoms with E-state index in [1.165, 1.54) is 6.26 Å². The molecule has 0 aliphatic heterocycles. The van der Waals surface area contributed by atoms with Crippen molar-refractivity contribution in [2.24, 2.45) is 0 Å². The highest BCUT2D eigenvalue weighted by atomic mass is 32.2. The molecule has 3 heteroatoms. The first-order chi connectivity index (χ1) is 3.27.